The zero-order valence-electron chi connectivity index (χ0n) is 37.0. The maximum atomic E-state index is 13.7. The first kappa shape index (κ1) is 57.5. The summed E-state index contributed by atoms with van der Waals surface area (Å²) in [5, 5.41) is 110. The number of carbonyl (C=O) groups excluding carboxylic acids is 6. The molecule has 0 bridgehead atoms. The molecule has 10 N–H and O–H groups in total. The van der Waals surface area contributed by atoms with Gasteiger partial charge in [0.05, 0.1) is 40.4 Å². The van der Waals surface area contributed by atoms with Crippen molar-refractivity contribution in [1.29, 1.82) is 0 Å². The van der Waals surface area contributed by atoms with Crippen LogP contribution in [0.4, 0.5) is 0 Å². The van der Waals surface area contributed by atoms with Crippen LogP contribution in [0.25, 0.3) is 5.76 Å². The molecule has 0 saturated heterocycles. The molecule has 24 nitrogen and oxygen atoms in total. The second kappa shape index (κ2) is 23.4. The third-order valence-corrected chi connectivity index (χ3v) is 11.8. The first-order valence-electron chi connectivity index (χ1n) is 19.7. The molecule has 364 valence electrons. The average Bonchev–Trinajstić information content (AvgIpc) is 3.63. The van der Waals surface area contributed by atoms with Gasteiger partial charge in [-0.25, -0.2) is 0 Å². The van der Waals surface area contributed by atoms with Crippen molar-refractivity contribution in [2.75, 3.05) is 47.5 Å². The third kappa shape index (κ3) is 13.1. The van der Waals surface area contributed by atoms with Gasteiger partial charge < -0.3 is 86.0 Å². The quantitative estimate of drug-likeness (QED) is 0.0237. The van der Waals surface area contributed by atoms with Crippen LogP contribution in [-0.2, 0) is 46.7 Å². The number of benzene rings is 1. The first-order valence-corrected chi connectivity index (χ1v) is 20.8. The predicted octanol–water partition coefficient (Wildman–Crippen LogP) is -4.55. The Labute approximate surface area is 406 Å². The number of rotatable bonds is 17. The number of primary amides is 1. The van der Waals surface area contributed by atoms with Crippen LogP contribution >= 0.6 is 11.8 Å². The number of amides is 1. The van der Waals surface area contributed by atoms with Crippen LogP contribution in [0.3, 0.4) is 0 Å². The number of nitro groups is 1. The largest absolute Gasteiger partial charge is 3.00 e. The third-order valence-electron chi connectivity index (χ3n) is 10.8. The van der Waals surface area contributed by atoms with Crippen molar-refractivity contribution in [3.05, 3.63) is 92.0 Å². The number of nitrogens with one attached hydrogen (secondary N) is 2. The van der Waals surface area contributed by atoms with E-state index in [1.165, 1.54) is 44.1 Å². The SMILES string of the molecule is CN(C)[C@@H]1C(=O)C(C(N)=O)=C(O)[C@@]2(O)C(=O)C3=C(O)c4c(O)cccc4[C@@](C)(O)C3C[C@@H]12.CN/C(=C/[N+](=O)[O-])NCCSCc1ccc(CN(C)C)o1.O=C([O-])CC(O)(CC(=O)[O-])C(=O)[O-].[Bi+3]. The number of nitrogens with two attached hydrogens (primary N) is 1. The number of furan rings is 1. The van der Waals surface area contributed by atoms with E-state index in [9.17, 15) is 79.7 Å². The number of Topliss-reactive ketones (excluding diaryl/α,β-unsaturated/α-hetero) is 2. The van der Waals surface area contributed by atoms with Gasteiger partial charge in [-0.2, -0.15) is 11.8 Å². The average molecular weight is 1160 g/mol. The molecule has 5 rings (SSSR count). The van der Waals surface area contributed by atoms with Gasteiger partial charge in [-0.1, -0.05) is 12.1 Å². The maximum Gasteiger partial charge on any atom is 3.00 e. The van der Waals surface area contributed by atoms with Crippen LogP contribution < -0.4 is 31.7 Å². The molecular formula is C41H51BiN6O18S. The fourth-order valence-corrected chi connectivity index (χ4v) is 8.56. The van der Waals surface area contributed by atoms with E-state index < -0.39 is 116 Å². The van der Waals surface area contributed by atoms with Crippen molar-refractivity contribution in [2.45, 2.75) is 61.3 Å². The summed E-state index contributed by atoms with van der Waals surface area (Å²) in [4.78, 5) is 81.9. The minimum atomic E-state index is -2.97. The van der Waals surface area contributed by atoms with E-state index in [0.717, 1.165) is 35.8 Å². The standard InChI is InChI=1S/C22H24N2O8.C13H22N4O3S.C6H8O7.Bi/c1-21(31)8-5-4-6-11(25)12(8)16(26)13-9(21)7-10-15(24(2)3)17(27)14(20(23)30)19(29)22(10,32)18(13)28;1-14-13(9-17(18)19)15-6-7-21-10-12-5-4-11(20-12)8-16(2)3;7-3(8)1-6(13,5(11)12)2-4(9)10;/h4-6,9-10,15,25-26,29,31-32H,7H2,1-3H3,(H2,23,30);4-5,9,14-15H,6-8,10H2,1-3H3;13H,1-2H2,(H,7,8)(H,9,10)(H,11,12);/q;;;+3/p-3/b;13-9-;;/t9?,10-,15-,21+,22-;;;/m0.../s1. The minimum Gasteiger partial charge on any atom is -0.550 e. The molecule has 1 amide bonds. The van der Waals surface area contributed by atoms with Crippen molar-refractivity contribution >= 4 is 79.1 Å². The van der Waals surface area contributed by atoms with Gasteiger partial charge in [0.2, 0.25) is 5.78 Å². The van der Waals surface area contributed by atoms with E-state index in [-0.39, 0.29) is 43.8 Å². The summed E-state index contributed by atoms with van der Waals surface area (Å²) in [6.07, 6.45) is -1.99. The monoisotopic (exact) mass is 1160 g/mol. The topological polar surface area (TPSA) is 406 Å². The summed E-state index contributed by atoms with van der Waals surface area (Å²) in [6, 6.07) is 7.00. The molecule has 0 aliphatic heterocycles. The minimum absolute atomic E-state index is 0. The van der Waals surface area contributed by atoms with E-state index in [0.29, 0.717) is 12.4 Å². The number of hydrogen-bond donors (Lipinski definition) is 9. The number of carboxylic acid groups (broad SMARTS) is 3. The molecule has 2 radical (unpaired) electrons. The number of aliphatic hydroxyl groups excluding tert-OH is 2. The number of phenolic OH excluding ortho intramolecular Hbond substituents is 1. The van der Waals surface area contributed by atoms with Crippen LogP contribution in [0.2, 0.25) is 0 Å². The zero-order valence-corrected chi connectivity index (χ0v) is 41.3. The Kier molecular flexibility index (Phi) is 20.1. The molecule has 3 aliphatic rings. The van der Waals surface area contributed by atoms with Gasteiger partial charge in [0.15, 0.2) is 17.2 Å². The number of nitrogens with zero attached hydrogens (tertiary/aromatic N) is 3. The number of fused-ring (bicyclic) bond motifs is 3. The second-order valence-corrected chi connectivity index (χ2v) is 17.1. The van der Waals surface area contributed by atoms with Crippen LogP contribution in [0.15, 0.2) is 63.7 Å². The molecule has 1 aromatic carbocycles. The number of thioether (sulfide) groups is 1. The number of hydrogen-bond acceptors (Lipinski definition) is 23. The fourth-order valence-electron chi connectivity index (χ4n) is 7.82. The van der Waals surface area contributed by atoms with Gasteiger partial charge in [0.25, 0.3) is 12.1 Å². The zero-order chi connectivity index (χ0) is 50.2. The molecule has 2 aromatic rings. The Balaban J connectivity index is 0.000000381. The number of aliphatic hydroxyl groups is 5. The maximum absolute atomic E-state index is 13.7. The van der Waals surface area contributed by atoms with Crippen LogP contribution in [0.1, 0.15) is 48.8 Å². The number of aromatic hydroxyl groups is 1. The molecule has 1 fully saturated rings. The van der Waals surface area contributed by atoms with Crippen LogP contribution in [-0.4, -0.2) is 172 Å². The van der Waals surface area contributed by atoms with Crippen molar-refractivity contribution in [1.82, 2.24) is 20.4 Å². The van der Waals surface area contributed by atoms with Crippen LogP contribution in [0.5, 0.6) is 5.75 Å². The van der Waals surface area contributed by atoms with Crippen molar-refractivity contribution in [2.24, 2.45) is 17.6 Å². The number of aliphatic carboxylic acids is 3. The van der Waals surface area contributed by atoms with E-state index >= 15 is 0 Å². The second-order valence-electron chi connectivity index (χ2n) is 16.0. The molecule has 5 atom stereocenters. The fraction of sp³-hybridized carbons (Fsp3) is 0.463. The molecule has 1 unspecified atom stereocenters. The Morgan fingerprint density at radius 1 is 1.01 bits per heavy atom. The molecule has 1 saturated carbocycles. The van der Waals surface area contributed by atoms with Gasteiger partial charge in [0, 0.05) is 61.5 Å². The first-order chi connectivity index (χ1) is 30.6. The molecule has 3 aliphatic carbocycles. The number of carboxylic acids is 3. The Morgan fingerprint density at radius 2 is 1.60 bits per heavy atom. The van der Waals surface area contributed by atoms with Gasteiger partial charge in [-0.15, -0.1) is 0 Å². The Bertz CT molecular complexity index is 2310. The molecule has 0 spiro atoms. The van der Waals surface area contributed by atoms with Crippen molar-refractivity contribution < 1.29 is 84.1 Å². The molecule has 1 aromatic heterocycles. The van der Waals surface area contributed by atoms with E-state index in [1.807, 2.05) is 26.2 Å². The molecule has 1 heterocycles. The predicted molar refractivity (Wildman–Crippen MR) is 229 cm³/mol. The van der Waals surface area contributed by atoms with Gasteiger partial charge in [-0.05, 0) is 65.3 Å². The number of carbonyl (C=O) groups is 6. The molecule has 26 heteroatoms. The van der Waals surface area contributed by atoms with Gasteiger partial charge in [-0.3, -0.25) is 29.4 Å². The van der Waals surface area contributed by atoms with E-state index in [4.69, 9.17) is 15.3 Å². The van der Waals surface area contributed by atoms with Crippen molar-refractivity contribution in [3.63, 3.8) is 0 Å². The van der Waals surface area contributed by atoms with Crippen LogP contribution in [0, 0.1) is 22.0 Å². The van der Waals surface area contributed by atoms with Gasteiger partial charge >= 0.3 is 26.2 Å². The van der Waals surface area contributed by atoms with Gasteiger partial charge in [0.1, 0.15) is 40.0 Å². The van der Waals surface area contributed by atoms with Crippen molar-refractivity contribution in [3.8, 4) is 5.75 Å². The number of phenols is 1. The molecular weight excluding hydrogens is 1110 g/mol. The number of ketones is 2. The Hall–Kier alpha value is -5.63. The summed E-state index contributed by atoms with van der Waals surface area (Å²) < 4.78 is 5.70. The normalized spacial score (nSPS) is 22.2. The molecule has 67 heavy (non-hydrogen) atoms. The summed E-state index contributed by atoms with van der Waals surface area (Å²) >= 11 is 1.72. The van der Waals surface area contributed by atoms with E-state index in [2.05, 4.69) is 15.5 Å². The Morgan fingerprint density at radius 3 is 2.09 bits per heavy atom. The number of likely N-dealkylation sites (N-methyl/N-ethyl adjacent to an activating group) is 1. The summed E-state index contributed by atoms with van der Waals surface area (Å²) in [6.45, 7) is 2.85. The smallest absolute Gasteiger partial charge is 0.550 e. The summed E-state index contributed by atoms with van der Waals surface area (Å²) in [5.41, 5.74) is -3.52. The summed E-state index contributed by atoms with van der Waals surface area (Å²) in [7, 11) is 8.65. The van der Waals surface area contributed by atoms with E-state index in [1.54, 1.807) is 18.8 Å². The summed E-state index contributed by atoms with van der Waals surface area (Å²) in [5.74, 6) is -9.94.